The second-order valence-electron chi connectivity index (χ2n) is 4.03. The van der Waals surface area contributed by atoms with Crippen molar-refractivity contribution < 1.29 is 9.90 Å². The van der Waals surface area contributed by atoms with Crippen LogP contribution in [0.1, 0.15) is 12.0 Å². The Hall–Kier alpha value is -1.58. The van der Waals surface area contributed by atoms with Gasteiger partial charge in [0.25, 0.3) is 0 Å². The first-order valence-electron chi connectivity index (χ1n) is 5.04. The van der Waals surface area contributed by atoms with Gasteiger partial charge in [-0.2, -0.15) is 0 Å². The fourth-order valence-electron chi connectivity index (χ4n) is 1.96. The maximum Gasteiger partial charge on any atom is 0.303 e. The maximum absolute atomic E-state index is 10.5. The summed E-state index contributed by atoms with van der Waals surface area (Å²) >= 11 is 0. The van der Waals surface area contributed by atoms with Crippen LogP contribution in [0.25, 0.3) is 0 Å². The van der Waals surface area contributed by atoms with Crippen LogP contribution in [0, 0.1) is 12.8 Å². The van der Waals surface area contributed by atoms with Crippen LogP contribution in [0.4, 0.5) is 5.69 Å². The minimum atomic E-state index is -0.703. The Labute approximate surface area is 88.6 Å². The largest absolute Gasteiger partial charge is 0.481 e. The molecule has 0 amide bonds. The molecule has 1 aromatic heterocycles. The number of carbonyl (C=O) groups is 1. The van der Waals surface area contributed by atoms with E-state index in [0.29, 0.717) is 5.92 Å². The van der Waals surface area contributed by atoms with Gasteiger partial charge in [-0.3, -0.25) is 9.78 Å². The average molecular weight is 206 g/mol. The lowest BCUT2D eigenvalue weighted by Gasteiger charge is -2.41. The molecule has 1 aliphatic rings. The van der Waals surface area contributed by atoms with E-state index in [2.05, 4.69) is 9.88 Å². The molecule has 0 aliphatic carbocycles. The SMILES string of the molecule is Cc1cnccc1N1CC(CC(=O)O)C1. The van der Waals surface area contributed by atoms with Gasteiger partial charge in [0.1, 0.15) is 0 Å². The van der Waals surface area contributed by atoms with Crippen molar-refractivity contribution in [3.63, 3.8) is 0 Å². The number of carboxylic acids is 1. The number of aromatic nitrogens is 1. The van der Waals surface area contributed by atoms with E-state index in [1.165, 1.54) is 5.69 Å². The van der Waals surface area contributed by atoms with E-state index in [1.807, 2.05) is 19.2 Å². The molecule has 1 aliphatic heterocycles. The first-order chi connectivity index (χ1) is 7.16. The maximum atomic E-state index is 10.5. The lowest BCUT2D eigenvalue weighted by molar-refractivity contribution is -0.138. The first kappa shape index (κ1) is 9.96. The predicted octanol–water partition coefficient (Wildman–Crippen LogP) is 1.30. The molecule has 1 N–H and O–H groups in total. The number of hydrogen-bond acceptors (Lipinski definition) is 3. The third-order valence-corrected chi connectivity index (χ3v) is 2.75. The molecule has 1 fully saturated rings. The monoisotopic (exact) mass is 206 g/mol. The van der Waals surface area contributed by atoms with Crippen LogP contribution in [-0.4, -0.2) is 29.1 Å². The number of pyridine rings is 1. The molecule has 2 heterocycles. The molecular weight excluding hydrogens is 192 g/mol. The molecule has 0 saturated carbocycles. The highest BCUT2D eigenvalue weighted by Gasteiger charge is 2.29. The summed E-state index contributed by atoms with van der Waals surface area (Å²) in [6, 6.07) is 1.98. The zero-order chi connectivity index (χ0) is 10.8. The van der Waals surface area contributed by atoms with Gasteiger partial charge in [-0.05, 0) is 18.6 Å². The lowest BCUT2D eigenvalue weighted by atomic mass is 9.95. The van der Waals surface area contributed by atoms with Gasteiger partial charge in [-0.1, -0.05) is 0 Å². The molecule has 80 valence electrons. The lowest BCUT2D eigenvalue weighted by Crippen LogP contribution is -2.47. The van der Waals surface area contributed by atoms with E-state index < -0.39 is 5.97 Å². The summed E-state index contributed by atoms with van der Waals surface area (Å²) in [5, 5.41) is 8.63. The van der Waals surface area contributed by atoms with Gasteiger partial charge >= 0.3 is 5.97 Å². The summed E-state index contributed by atoms with van der Waals surface area (Å²) in [7, 11) is 0. The van der Waals surface area contributed by atoms with E-state index in [1.54, 1.807) is 6.20 Å². The zero-order valence-electron chi connectivity index (χ0n) is 8.68. The Morgan fingerprint density at radius 2 is 2.40 bits per heavy atom. The van der Waals surface area contributed by atoms with E-state index in [4.69, 9.17) is 5.11 Å². The van der Waals surface area contributed by atoms with E-state index in [0.717, 1.165) is 18.7 Å². The van der Waals surface area contributed by atoms with Gasteiger partial charge < -0.3 is 10.0 Å². The van der Waals surface area contributed by atoms with Gasteiger partial charge in [0.05, 0.1) is 6.42 Å². The summed E-state index contributed by atoms with van der Waals surface area (Å²) in [6.45, 7) is 3.71. The Morgan fingerprint density at radius 3 is 3.00 bits per heavy atom. The van der Waals surface area contributed by atoms with Crippen LogP contribution >= 0.6 is 0 Å². The highest BCUT2D eigenvalue weighted by molar-refractivity contribution is 5.68. The Balaban J connectivity index is 1.95. The van der Waals surface area contributed by atoms with E-state index >= 15 is 0 Å². The predicted molar refractivity (Wildman–Crippen MR) is 56.9 cm³/mol. The van der Waals surface area contributed by atoms with Crippen molar-refractivity contribution >= 4 is 11.7 Å². The van der Waals surface area contributed by atoms with Crippen LogP contribution in [0.15, 0.2) is 18.5 Å². The normalized spacial score (nSPS) is 16.2. The van der Waals surface area contributed by atoms with Gasteiger partial charge in [-0.25, -0.2) is 0 Å². The fraction of sp³-hybridized carbons (Fsp3) is 0.455. The van der Waals surface area contributed by atoms with E-state index in [9.17, 15) is 4.79 Å². The molecule has 1 aromatic rings. The summed E-state index contributed by atoms with van der Waals surface area (Å²) in [4.78, 5) is 16.7. The van der Waals surface area contributed by atoms with Gasteiger partial charge in [0, 0.05) is 37.1 Å². The average Bonchev–Trinajstić information content (AvgIpc) is 2.12. The Morgan fingerprint density at radius 1 is 1.67 bits per heavy atom. The zero-order valence-corrected chi connectivity index (χ0v) is 8.68. The number of nitrogens with zero attached hydrogens (tertiary/aromatic N) is 2. The fourth-order valence-corrected chi connectivity index (χ4v) is 1.96. The number of hydrogen-bond donors (Lipinski definition) is 1. The van der Waals surface area contributed by atoms with Crippen molar-refractivity contribution in [3.8, 4) is 0 Å². The van der Waals surface area contributed by atoms with Crippen molar-refractivity contribution in [1.29, 1.82) is 0 Å². The molecule has 2 rings (SSSR count). The Bertz CT molecular complexity index is 373. The van der Waals surface area contributed by atoms with Crippen LogP contribution in [0.5, 0.6) is 0 Å². The van der Waals surface area contributed by atoms with Crippen LogP contribution in [0.3, 0.4) is 0 Å². The van der Waals surface area contributed by atoms with Crippen molar-refractivity contribution in [2.45, 2.75) is 13.3 Å². The number of anilines is 1. The summed E-state index contributed by atoms with van der Waals surface area (Å²) in [6.07, 6.45) is 3.88. The number of carboxylic acid groups (broad SMARTS) is 1. The van der Waals surface area contributed by atoms with Crippen LogP contribution in [0.2, 0.25) is 0 Å². The quantitative estimate of drug-likeness (QED) is 0.810. The third-order valence-electron chi connectivity index (χ3n) is 2.75. The molecule has 15 heavy (non-hydrogen) atoms. The molecule has 0 spiro atoms. The van der Waals surface area contributed by atoms with Gasteiger partial charge in [-0.15, -0.1) is 0 Å². The third kappa shape index (κ3) is 2.09. The summed E-state index contributed by atoms with van der Waals surface area (Å²) < 4.78 is 0. The van der Waals surface area contributed by atoms with Crippen LogP contribution < -0.4 is 4.90 Å². The molecule has 0 atom stereocenters. The molecular formula is C11H14N2O2. The van der Waals surface area contributed by atoms with E-state index in [-0.39, 0.29) is 6.42 Å². The topological polar surface area (TPSA) is 53.4 Å². The number of aliphatic carboxylic acids is 1. The van der Waals surface area contributed by atoms with Crippen molar-refractivity contribution in [2.75, 3.05) is 18.0 Å². The highest BCUT2D eigenvalue weighted by Crippen LogP contribution is 2.28. The smallest absolute Gasteiger partial charge is 0.303 e. The minimum Gasteiger partial charge on any atom is -0.481 e. The Kier molecular flexibility index (Phi) is 2.58. The molecule has 0 bridgehead atoms. The van der Waals surface area contributed by atoms with Gasteiger partial charge in [0.2, 0.25) is 0 Å². The summed E-state index contributed by atoms with van der Waals surface area (Å²) in [5.74, 6) is -0.402. The highest BCUT2D eigenvalue weighted by atomic mass is 16.4. The van der Waals surface area contributed by atoms with Crippen molar-refractivity contribution in [3.05, 3.63) is 24.0 Å². The number of aryl methyl sites for hydroxylation is 1. The standard InChI is InChI=1S/C11H14N2O2/c1-8-5-12-3-2-10(8)13-6-9(7-13)4-11(14)15/h2-3,5,9H,4,6-7H2,1H3,(H,14,15). The van der Waals surface area contributed by atoms with Crippen LogP contribution in [-0.2, 0) is 4.79 Å². The molecule has 4 nitrogen and oxygen atoms in total. The minimum absolute atomic E-state index is 0.278. The molecule has 0 aromatic carbocycles. The molecule has 4 heteroatoms. The molecule has 0 unspecified atom stereocenters. The number of rotatable bonds is 3. The summed E-state index contributed by atoms with van der Waals surface area (Å²) in [5.41, 5.74) is 2.32. The second-order valence-corrected chi connectivity index (χ2v) is 4.03. The second kappa shape index (κ2) is 3.88. The van der Waals surface area contributed by atoms with Gasteiger partial charge in [0.15, 0.2) is 0 Å². The molecule has 1 saturated heterocycles. The van der Waals surface area contributed by atoms with Crippen molar-refractivity contribution in [2.24, 2.45) is 5.92 Å². The molecule has 0 radical (unpaired) electrons. The first-order valence-corrected chi connectivity index (χ1v) is 5.04. The van der Waals surface area contributed by atoms with Crippen molar-refractivity contribution in [1.82, 2.24) is 4.98 Å².